The van der Waals surface area contributed by atoms with Gasteiger partial charge in [-0.2, -0.15) is 5.26 Å². The molecule has 0 aliphatic heterocycles. The summed E-state index contributed by atoms with van der Waals surface area (Å²) in [6, 6.07) is 12.0. The molecule has 1 aromatic carbocycles. The number of unbranched alkanes of at least 4 members (excludes halogenated alkanes) is 1. The van der Waals surface area contributed by atoms with Crippen molar-refractivity contribution in [1.29, 1.82) is 5.26 Å². The van der Waals surface area contributed by atoms with Crippen molar-refractivity contribution < 1.29 is 4.74 Å². The van der Waals surface area contributed by atoms with Gasteiger partial charge in [-0.1, -0.05) is 37.3 Å². The third-order valence-electron chi connectivity index (χ3n) is 4.03. The fourth-order valence-corrected chi connectivity index (χ4v) is 2.72. The summed E-state index contributed by atoms with van der Waals surface area (Å²) < 4.78 is 7.59. The Kier molecular flexibility index (Phi) is 6.61. The average molecular weight is 312 g/mol. The Labute approximate surface area is 137 Å². The van der Waals surface area contributed by atoms with Crippen LogP contribution in [0.3, 0.4) is 0 Å². The molecule has 0 amide bonds. The molecule has 23 heavy (non-hydrogen) atoms. The van der Waals surface area contributed by atoms with E-state index in [-0.39, 0.29) is 0 Å². The van der Waals surface area contributed by atoms with Crippen LogP contribution in [0.5, 0.6) is 5.75 Å². The molecular formula is C18H24N4O. The van der Waals surface area contributed by atoms with Gasteiger partial charge in [0, 0.05) is 12.5 Å². The summed E-state index contributed by atoms with van der Waals surface area (Å²) in [4.78, 5) is 0. The maximum atomic E-state index is 9.22. The lowest BCUT2D eigenvalue weighted by Gasteiger charge is -2.14. The quantitative estimate of drug-likeness (QED) is 0.658. The van der Waals surface area contributed by atoms with Crippen molar-refractivity contribution in [3.63, 3.8) is 0 Å². The highest BCUT2D eigenvalue weighted by Gasteiger charge is 2.19. The Balaban J connectivity index is 1.86. The minimum Gasteiger partial charge on any atom is -0.494 e. The second-order valence-corrected chi connectivity index (χ2v) is 5.54. The summed E-state index contributed by atoms with van der Waals surface area (Å²) in [5.41, 5.74) is 1.46. The van der Waals surface area contributed by atoms with Crippen LogP contribution in [0, 0.1) is 11.3 Å². The number of aromatic nitrogens is 3. The number of para-hydroxylation sites is 1. The van der Waals surface area contributed by atoms with Gasteiger partial charge in [-0.15, -0.1) is 5.10 Å². The van der Waals surface area contributed by atoms with E-state index in [2.05, 4.69) is 30.2 Å². The van der Waals surface area contributed by atoms with E-state index in [1.54, 1.807) is 0 Å². The number of rotatable bonds is 9. The molecule has 1 aromatic heterocycles. The van der Waals surface area contributed by atoms with Gasteiger partial charge in [0.2, 0.25) is 0 Å². The molecule has 0 N–H and O–H groups in total. The van der Waals surface area contributed by atoms with Crippen molar-refractivity contribution in [2.45, 2.75) is 52.0 Å². The van der Waals surface area contributed by atoms with Gasteiger partial charge >= 0.3 is 0 Å². The molecule has 2 rings (SSSR count). The van der Waals surface area contributed by atoms with Crippen LogP contribution in [0.1, 0.15) is 56.8 Å². The third kappa shape index (κ3) is 4.56. The summed E-state index contributed by atoms with van der Waals surface area (Å²) in [6.07, 6.45) is 3.89. The minimum atomic E-state index is 0.347. The van der Waals surface area contributed by atoms with E-state index in [4.69, 9.17) is 4.74 Å². The van der Waals surface area contributed by atoms with Crippen LogP contribution in [-0.2, 0) is 6.54 Å². The Morgan fingerprint density at radius 1 is 1.17 bits per heavy atom. The molecule has 5 heteroatoms. The molecule has 0 bridgehead atoms. The van der Waals surface area contributed by atoms with E-state index in [0.717, 1.165) is 43.7 Å². The molecule has 0 radical (unpaired) electrons. The molecule has 1 heterocycles. The maximum absolute atomic E-state index is 9.22. The zero-order valence-corrected chi connectivity index (χ0v) is 13.9. The number of ether oxygens (including phenoxy) is 1. The first-order valence-electron chi connectivity index (χ1n) is 8.31. The van der Waals surface area contributed by atoms with Crippen LogP contribution in [-0.4, -0.2) is 21.6 Å². The van der Waals surface area contributed by atoms with Crippen molar-refractivity contribution in [3.8, 4) is 11.8 Å². The Morgan fingerprint density at radius 3 is 2.57 bits per heavy atom. The number of benzene rings is 1. The highest BCUT2D eigenvalue weighted by atomic mass is 16.5. The SMILES string of the molecule is CCC(CC)c1c(C#N)nnn1CCCCOc1ccccc1. The lowest BCUT2D eigenvalue weighted by molar-refractivity contribution is 0.300. The normalized spacial score (nSPS) is 10.7. The summed E-state index contributed by atoms with van der Waals surface area (Å²) in [5.74, 6) is 1.25. The summed E-state index contributed by atoms with van der Waals surface area (Å²) in [6.45, 7) is 5.74. The van der Waals surface area contributed by atoms with Crippen LogP contribution < -0.4 is 4.74 Å². The second-order valence-electron chi connectivity index (χ2n) is 5.54. The van der Waals surface area contributed by atoms with E-state index >= 15 is 0 Å². The summed E-state index contributed by atoms with van der Waals surface area (Å²) in [7, 11) is 0. The second kappa shape index (κ2) is 8.94. The molecule has 0 spiro atoms. The van der Waals surface area contributed by atoms with Crippen LogP contribution in [0.4, 0.5) is 0 Å². The highest BCUT2D eigenvalue weighted by molar-refractivity contribution is 5.27. The van der Waals surface area contributed by atoms with Crippen LogP contribution in [0.2, 0.25) is 0 Å². The molecule has 0 aliphatic rings. The van der Waals surface area contributed by atoms with Gasteiger partial charge in [-0.25, -0.2) is 4.68 Å². The maximum Gasteiger partial charge on any atom is 0.186 e. The fraction of sp³-hybridized carbons (Fsp3) is 0.500. The number of hydrogen-bond acceptors (Lipinski definition) is 4. The van der Waals surface area contributed by atoms with Crippen LogP contribution in [0.25, 0.3) is 0 Å². The fourth-order valence-electron chi connectivity index (χ4n) is 2.72. The minimum absolute atomic E-state index is 0.347. The standard InChI is InChI=1S/C18H24N4O/c1-3-15(4-2)18-17(14-19)20-21-22(18)12-8-9-13-23-16-10-6-5-7-11-16/h5-7,10-11,15H,3-4,8-9,12-13H2,1-2H3. The average Bonchev–Trinajstić information content (AvgIpc) is 3.00. The summed E-state index contributed by atoms with van der Waals surface area (Å²) >= 11 is 0. The number of hydrogen-bond donors (Lipinski definition) is 0. The molecule has 0 unspecified atom stereocenters. The monoisotopic (exact) mass is 312 g/mol. The molecule has 0 saturated heterocycles. The zero-order chi connectivity index (χ0) is 16.5. The van der Waals surface area contributed by atoms with Gasteiger partial charge < -0.3 is 4.74 Å². The first-order chi connectivity index (χ1) is 11.3. The summed E-state index contributed by atoms with van der Waals surface area (Å²) in [5, 5.41) is 17.4. The van der Waals surface area contributed by atoms with Crippen molar-refractivity contribution in [2.75, 3.05) is 6.61 Å². The number of aryl methyl sites for hydroxylation is 1. The predicted octanol–water partition coefficient (Wildman–Crippen LogP) is 3.91. The van der Waals surface area contributed by atoms with Crippen molar-refractivity contribution in [2.24, 2.45) is 0 Å². The van der Waals surface area contributed by atoms with Gasteiger partial charge in [0.1, 0.15) is 11.8 Å². The Hall–Kier alpha value is -2.35. The predicted molar refractivity (Wildman–Crippen MR) is 89.2 cm³/mol. The first-order valence-corrected chi connectivity index (χ1v) is 8.31. The molecule has 2 aromatic rings. The van der Waals surface area contributed by atoms with Crippen molar-refractivity contribution in [3.05, 3.63) is 41.7 Å². The van der Waals surface area contributed by atoms with Gasteiger partial charge in [-0.05, 0) is 37.8 Å². The Morgan fingerprint density at radius 2 is 1.91 bits per heavy atom. The van der Waals surface area contributed by atoms with Gasteiger partial charge in [0.25, 0.3) is 0 Å². The van der Waals surface area contributed by atoms with E-state index < -0.39 is 0 Å². The molecule has 5 nitrogen and oxygen atoms in total. The smallest absolute Gasteiger partial charge is 0.186 e. The van der Waals surface area contributed by atoms with Crippen LogP contribution >= 0.6 is 0 Å². The third-order valence-corrected chi connectivity index (χ3v) is 4.03. The molecule has 122 valence electrons. The van der Waals surface area contributed by atoms with Gasteiger partial charge in [-0.3, -0.25) is 0 Å². The molecule has 0 aliphatic carbocycles. The lowest BCUT2D eigenvalue weighted by atomic mass is 9.97. The molecule has 0 atom stereocenters. The zero-order valence-electron chi connectivity index (χ0n) is 13.9. The highest BCUT2D eigenvalue weighted by Crippen LogP contribution is 2.25. The number of nitriles is 1. The first kappa shape index (κ1) is 17.0. The van der Waals surface area contributed by atoms with E-state index in [1.165, 1.54) is 0 Å². The van der Waals surface area contributed by atoms with E-state index in [9.17, 15) is 5.26 Å². The van der Waals surface area contributed by atoms with E-state index in [1.807, 2.05) is 35.0 Å². The van der Waals surface area contributed by atoms with Crippen molar-refractivity contribution in [1.82, 2.24) is 15.0 Å². The molecule has 0 fully saturated rings. The molecule has 0 saturated carbocycles. The Bertz CT molecular complexity index is 626. The number of nitrogens with zero attached hydrogens (tertiary/aromatic N) is 4. The lowest BCUT2D eigenvalue weighted by Crippen LogP contribution is -2.11. The largest absolute Gasteiger partial charge is 0.494 e. The van der Waals surface area contributed by atoms with Gasteiger partial charge in [0.15, 0.2) is 5.69 Å². The van der Waals surface area contributed by atoms with Gasteiger partial charge in [0.05, 0.1) is 12.3 Å². The van der Waals surface area contributed by atoms with Crippen molar-refractivity contribution >= 4 is 0 Å². The van der Waals surface area contributed by atoms with Crippen LogP contribution in [0.15, 0.2) is 30.3 Å². The molecular weight excluding hydrogens is 288 g/mol. The topological polar surface area (TPSA) is 63.7 Å². The van der Waals surface area contributed by atoms with E-state index in [0.29, 0.717) is 18.2 Å².